The first-order valence-corrected chi connectivity index (χ1v) is 5.11. The summed E-state index contributed by atoms with van der Waals surface area (Å²) in [5.74, 6) is -0.746. The smallest absolute Gasteiger partial charge is 0.316 e. The SMILES string of the molecule is O=C(O)C1(c2ncc(Br)s2)CC1. The van der Waals surface area contributed by atoms with E-state index in [-0.39, 0.29) is 0 Å². The molecule has 2 rings (SSSR count). The average Bonchev–Trinajstić information content (AvgIpc) is 2.71. The van der Waals surface area contributed by atoms with Crippen LogP contribution in [0.2, 0.25) is 0 Å². The van der Waals surface area contributed by atoms with Crippen LogP contribution in [0.25, 0.3) is 0 Å². The van der Waals surface area contributed by atoms with Crippen LogP contribution in [0, 0.1) is 0 Å². The Hall–Kier alpha value is -0.420. The van der Waals surface area contributed by atoms with Crippen molar-refractivity contribution in [3.63, 3.8) is 0 Å². The van der Waals surface area contributed by atoms with Crippen molar-refractivity contribution < 1.29 is 9.90 Å². The van der Waals surface area contributed by atoms with Crippen molar-refractivity contribution in [3.05, 3.63) is 15.0 Å². The summed E-state index contributed by atoms with van der Waals surface area (Å²) in [5, 5.41) is 9.64. The molecule has 3 nitrogen and oxygen atoms in total. The van der Waals surface area contributed by atoms with Gasteiger partial charge in [0.1, 0.15) is 10.4 Å². The minimum atomic E-state index is -0.746. The van der Waals surface area contributed by atoms with Gasteiger partial charge in [-0.05, 0) is 28.8 Å². The second-order valence-corrected chi connectivity index (χ2v) is 5.27. The maximum absolute atomic E-state index is 10.8. The molecule has 0 atom stereocenters. The maximum Gasteiger partial charge on any atom is 0.316 e. The fraction of sp³-hybridized carbons (Fsp3) is 0.429. The Kier molecular flexibility index (Phi) is 1.73. The van der Waals surface area contributed by atoms with E-state index in [9.17, 15) is 4.79 Å². The van der Waals surface area contributed by atoms with E-state index in [1.807, 2.05) is 0 Å². The highest BCUT2D eigenvalue weighted by Crippen LogP contribution is 2.50. The van der Waals surface area contributed by atoms with Crippen LogP contribution in [-0.2, 0) is 10.2 Å². The molecule has 1 fully saturated rings. The molecule has 0 saturated heterocycles. The number of aromatic nitrogens is 1. The molecule has 1 aromatic rings. The molecule has 1 aromatic heterocycles. The molecule has 12 heavy (non-hydrogen) atoms. The number of thiazole rings is 1. The molecule has 0 spiro atoms. The molecule has 0 aromatic carbocycles. The van der Waals surface area contributed by atoms with E-state index in [2.05, 4.69) is 20.9 Å². The first-order chi connectivity index (χ1) is 5.65. The molecule has 1 aliphatic rings. The second kappa shape index (κ2) is 2.53. The van der Waals surface area contributed by atoms with Gasteiger partial charge in [-0.2, -0.15) is 0 Å². The highest BCUT2D eigenvalue weighted by atomic mass is 79.9. The summed E-state index contributed by atoms with van der Waals surface area (Å²) in [7, 11) is 0. The molecule has 1 saturated carbocycles. The van der Waals surface area contributed by atoms with Gasteiger partial charge in [0, 0.05) is 0 Å². The van der Waals surface area contributed by atoms with Gasteiger partial charge in [-0.1, -0.05) is 0 Å². The van der Waals surface area contributed by atoms with Gasteiger partial charge >= 0.3 is 5.97 Å². The van der Waals surface area contributed by atoms with Gasteiger partial charge in [0.15, 0.2) is 0 Å². The van der Waals surface area contributed by atoms with Crippen LogP contribution in [0.4, 0.5) is 0 Å². The lowest BCUT2D eigenvalue weighted by molar-refractivity contribution is -0.140. The van der Waals surface area contributed by atoms with E-state index in [1.165, 1.54) is 11.3 Å². The zero-order chi connectivity index (χ0) is 8.77. The van der Waals surface area contributed by atoms with Crippen molar-refractivity contribution in [1.82, 2.24) is 4.98 Å². The van der Waals surface area contributed by atoms with E-state index in [0.29, 0.717) is 0 Å². The predicted octanol–water partition coefficient (Wildman–Crippen LogP) is 2.02. The van der Waals surface area contributed by atoms with Crippen LogP contribution in [0.3, 0.4) is 0 Å². The summed E-state index contributed by atoms with van der Waals surface area (Å²) >= 11 is 4.67. The summed E-state index contributed by atoms with van der Waals surface area (Å²) in [4.78, 5) is 14.9. The Balaban J connectivity index is 2.36. The molecule has 1 N–H and O–H groups in total. The molecular weight excluding hydrogens is 242 g/mol. The molecular formula is C7H6BrNO2S. The molecule has 0 amide bonds. The fourth-order valence-electron chi connectivity index (χ4n) is 1.12. The van der Waals surface area contributed by atoms with Crippen molar-refractivity contribution in [2.45, 2.75) is 18.3 Å². The molecule has 0 radical (unpaired) electrons. The Morgan fingerprint density at radius 3 is 2.75 bits per heavy atom. The molecule has 0 bridgehead atoms. The summed E-state index contributed by atoms with van der Waals surface area (Å²) in [5.41, 5.74) is -0.642. The third-order valence-electron chi connectivity index (χ3n) is 2.05. The number of halogens is 1. The first kappa shape index (κ1) is 8.19. The van der Waals surface area contributed by atoms with Crippen LogP contribution in [0.5, 0.6) is 0 Å². The van der Waals surface area contributed by atoms with Gasteiger partial charge in [-0.25, -0.2) is 4.98 Å². The minimum Gasteiger partial charge on any atom is -0.481 e. The number of carboxylic acids is 1. The summed E-state index contributed by atoms with van der Waals surface area (Å²) in [6.45, 7) is 0. The molecule has 1 aliphatic carbocycles. The molecule has 5 heteroatoms. The van der Waals surface area contributed by atoms with E-state index >= 15 is 0 Å². The fourth-order valence-corrected chi connectivity index (χ4v) is 2.56. The third-order valence-corrected chi connectivity index (χ3v) is 3.73. The van der Waals surface area contributed by atoms with Crippen LogP contribution in [0.1, 0.15) is 17.8 Å². The third kappa shape index (κ3) is 1.08. The molecule has 1 heterocycles. The largest absolute Gasteiger partial charge is 0.481 e. The lowest BCUT2D eigenvalue weighted by Crippen LogP contribution is -2.18. The molecule has 0 unspecified atom stereocenters. The zero-order valence-electron chi connectivity index (χ0n) is 6.08. The van der Waals surface area contributed by atoms with E-state index in [1.54, 1.807) is 6.20 Å². The van der Waals surface area contributed by atoms with Crippen LogP contribution < -0.4 is 0 Å². The van der Waals surface area contributed by atoms with Crippen molar-refractivity contribution in [2.75, 3.05) is 0 Å². The number of carboxylic acid groups (broad SMARTS) is 1. The predicted molar refractivity (Wildman–Crippen MR) is 48.4 cm³/mol. The summed E-state index contributed by atoms with van der Waals surface area (Å²) < 4.78 is 0.894. The second-order valence-electron chi connectivity index (χ2n) is 2.86. The highest BCUT2D eigenvalue weighted by molar-refractivity contribution is 9.11. The number of nitrogens with zero attached hydrogens (tertiary/aromatic N) is 1. The minimum absolute atomic E-state index is 0.642. The number of hydrogen-bond donors (Lipinski definition) is 1. The van der Waals surface area contributed by atoms with E-state index in [0.717, 1.165) is 21.6 Å². The quantitative estimate of drug-likeness (QED) is 0.871. The number of hydrogen-bond acceptors (Lipinski definition) is 3. The van der Waals surface area contributed by atoms with Crippen LogP contribution in [-0.4, -0.2) is 16.1 Å². The Labute approximate surface area is 81.6 Å². The van der Waals surface area contributed by atoms with E-state index < -0.39 is 11.4 Å². The topological polar surface area (TPSA) is 50.2 Å². The number of aliphatic carboxylic acids is 1. The van der Waals surface area contributed by atoms with Crippen molar-refractivity contribution in [3.8, 4) is 0 Å². The Morgan fingerprint density at radius 1 is 1.75 bits per heavy atom. The zero-order valence-corrected chi connectivity index (χ0v) is 8.48. The van der Waals surface area contributed by atoms with Crippen LogP contribution in [0.15, 0.2) is 9.98 Å². The maximum atomic E-state index is 10.8. The monoisotopic (exact) mass is 247 g/mol. The number of rotatable bonds is 2. The van der Waals surface area contributed by atoms with Gasteiger partial charge in [0.2, 0.25) is 0 Å². The Bertz CT molecular complexity index is 332. The van der Waals surface area contributed by atoms with Gasteiger partial charge in [0.25, 0.3) is 0 Å². The van der Waals surface area contributed by atoms with Gasteiger partial charge < -0.3 is 5.11 Å². The molecule has 64 valence electrons. The first-order valence-electron chi connectivity index (χ1n) is 3.50. The summed E-state index contributed by atoms with van der Waals surface area (Å²) in [6.07, 6.45) is 3.10. The van der Waals surface area contributed by atoms with Gasteiger partial charge in [0.05, 0.1) is 9.98 Å². The average molecular weight is 248 g/mol. The lowest BCUT2D eigenvalue weighted by Gasteiger charge is -2.02. The van der Waals surface area contributed by atoms with Crippen molar-refractivity contribution in [1.29, 1.82) is 0 Å². The standard InChI is InChI=1S/C7H6BrNO2S/c8-4-3-9-5(12-4)7(1-2-7)6(10)11/h3H,1-2H2,(H,10,11). The van der Waals surface area contributed by atoms with E-state index in [4.69, 9.17) is 5.11 Å². The molecule has 0 aliphatic heterocycles. The highest BCUT2D eigenvalue weighted by Gasteiger charge is 2.54. The normalized spacial score (nSPS) is 19.1. The van der Waals surface area contributed by atoms with Crippen molar-refractivity contribution in [2.24, 2.45) is 0 Å². The summed E-state index contributed by atoms with van der Waals surface area (Å²) in [6, 6.07) is 0. The number of carbonyl (C=O) groups is 1. The Morgan fingerprint density at radius 2 is 2.42 bits per heavy atom. The van der Waals surface area contributed by atoms with Gasteiger partial charge in [-0.3, -0.25) is 4.79 Å². The lowest BCUT2D eigenvalue weighted by atomic mass is 10.1. The van der Waals surface area contributed by atoms with Crippen LogP contribution >= 0.6 is 27.3 Å². The van der Waals surface area contributed by atoms with Gasteiger partial charge in [-0.15, -0.1) is 11.3 Å². The van der Waals surface area contributed by atoms with Crippen molar-refractivity contribution >= 4 is 33.2 Å².